The zero-order valence-corrected chi connectivity index (χ0v) is 13.4. The molecule has 0 spiro atoms. The zero-order valence-electron chi connectivity index (χ0n) is 12.6. The van der Waals surface area contributed by atoms with E-state index in [1.165, 1.54) is 11.9 Å². The van der Waals surface area contributed by atoms with Crippen molar-refractivity contribution in [2.24, 2.45) is 0 Å². The molecule has 1 aromatic rings. The van der Waals surface area contributed by atoms with E-state index in [-0.39, 0.29) is 12.6 Å². The monoisotopic (exact) mass is 331 g/mol. The van der Waals surface area contributed by atoms with Gasteiger partial charge in [-0.1, -0.05) is 30.3 Å². The lowest BCUT2D eigenvalue weighted by atomic mass is 10.1. The second-order valence-electron chi connectivity index (χ2n) is 5.62. The van der Waals surface area contributed by atoms with Crippen LogP contribution in [0, 0.1) is 0 Å². The van der Waals surface area contributed by atoms with Crippen molar-refractivity contribution >= 4 is 17.3 Å². The molecule has 1 heterocycles. The van der Waals surface area contributed by atoms with Gasteiger partial charge in [0, 0.05) is 25.7 Å². The molecule has 1 aliphatic heterocycles. The summed E-state index contributed by atoms with van der Waals surface area (Å²) in [7, 11) is 1.51. The van der Waals surface area contributed by atoms with Crippen molar-refractivity contribution in [3.8, 4) is 0 Å². The first kappa shape index (κ1) is 17.0. The van der Waals surface area contributed by atoms with Crippen molar-refractivity contribution in [3.05, 3.63) is 35.9 Å². The highest BCUT2D eigenvalue weighted by molar-refractivity contribution is 7.80. The van der Waals surface area contributed by atoms with Gasteiger partial charge in [-0.15, -0.1) is 0 Å². The van der Waals surface area contributed by atoms with Crippen molar-refractivity contribution in [3.63, 3.8) is 0 Å². The average molecular weight is 331 g/mol. The van der Waals surface area contributed by atoms with Gasteiger partial charge in [-0.3, -0.25) is 4.90 Å². The summed E-state index contributed by atoms with van der Waals surface area (Å²) in [6.07, 6.45) is -4.25. The van der Waals surface area contributed by atoms with Gasteiger partial charge in [0.05, 0.1) is 0 Å². The minimum atomic E-state index is -4.25. The van der Waals surface area contributed by atoms with Gasteiger partial charge in [-0.2, -0.15) is 13.2 Å². The van der Waals surface area contributed by atoms with E-state index in [0.717, 1.165) is 5.56 Å². The fourth-order valence-corrected chi connectivity index (χ4v) is 2.77. The number of hydrogen-bond acceptors (Lipinski definition) is 2. The van der Waals surface area contributed by atoms with Crippen molar-refractivity contribution < 1.29 is 13.2 Å². The van der Waals surface area contributed by atoms with E-state index in [1.54, 1.807) is 11.8 Å². The van der Waals surface area contributed by atoms with Crippen LogP contribution in [0.4, 0.5) is 13.2 Å². The predicted octanol–water partition coefficient (Wildman–Crippen LogP) is 2.63. The molecule has 1 N–H and O–H groups in total. The molecule has 122 valence electrons. The third kappa shape index (κ3) is 4.10. The third-order valence-corrected chi connectivity index (χ3v) is 4.42. The topological polar surface area (TPSA) is 18.5 Å². The summed E-state index contributed by atoms with van der Waals surface area (Å²) in [6.45, 7) is 2.65. The second kappa shape index (κ2) is 6.83. The third-order valence-electron chi connectivity index (χ3n) is 4.02. The molecular formula is C15H20F3N3S. The van der Waals surface area contributed by atoms with Crippen LogP contribution in [0.2, 0.25) is 0 Å². The Hall–Kier alpha value is -1.34. The first-order valence-corrected chi connectivity index (χ1v) is 7.55. The number of benzene rings is 1. The smallest absolute Gasteiger partial charge is 0.358 e. The Morgan fingerprint density at radius 2 is 1.91 bits per heavy atom. The maximum Gasteiger partial charge on any atom is 0.405 e. The van der Waals surface area contributed by atoms with Crippen LogP contribution < -0.4 is 5.32 Å². The first-order valence-electron chi connectivity index (χ1n) is 7.14. The SMILES string of the molecule is CC1CN(C(=S)NCc2ccccc2)CC(C(F)(F)F)N1C. The molecule has 1 aliphatic rings. The number of rotatable bonds is 2. The van der Waals surface area contributed by atoms with Gasteiger partial charge in [0.2, 0.25) is 0 Å². The highest BCUT2D eigenvalue weighted by Crippen LogP contribution is 2.29. The van der Waals surface area contributed by atoms with Crippen molar-refractivity contribution in [1.82, 2.24) is 15.1 Å². The quantitative estimate of drug-likeness (QED) is 0.840. The van der Waals surface area contributed by atoms with Gasteiger partial charge in [0.15, 0.2) is 5.11 Å². The molecule has 1 aromatic carbocycles. The number of nitrogens with zero attached hydrogens (tertiary/aromatic N) is 2. The Labute approximate surface area is 134 Å². The maximum atomic E-state index is 13.1. The van der Waals surface area contributed by atoms with Crippen LogP contribution in [0.5, 0.6) is 0 Å². The van der Waals surface area contributed by atoms with Crippen LogP contribution in [0.15, 0.2) is 30.3 Å². The van der Waals surface area contributed by atoms with Crippen molar-refractivity contribution in [1.29, 1.82) is 0 Å². The van der Waals surface area contributed by atoms with Gasteiger partial charge in [0.1, 0.15) is 6.04 Å². The van der Waals surface area contributed by atoms with Crippen LogP contribution in [0.1, 0.15) is 12.5 Å². The molecular weight excluding hydrogens is 311 g/mol. The van der Waals surface area contributed by atoms with Crippen LogP contribution in [0.3, 0.4) is 0 Å². The van der Waals surface area contributed by atoms with E-state index < -0.39 is 12.2 Å². The van der Waals surface area contributed by atoms with Gasteiger partial charge < -0.3 is 10.2 Å². The van der Waals surface area contributed by atoms with Gasteiger partial charge in [0.25, 0.3) is 0 Å². The van der Waals surface area contributed by atoms with E-state index in [2.05, 4.69) is 5.32 Å². The van der Waals surface area contributed by atoms with Crippen LogP contribution >= 0.6 is 12.2 Å². The van der Waals surface area contributed by atoms with E-state index in [9.17, 15) is 13.2 Å². The Balaban J connectivity index is 1.97. The summed E-state index contributed by atoms with van der Waals surface area (Å²) in [4.78, 5) is 2.98. The minimum Gasteiger partial charge on any atom is -0.358 e. The van der Waals surface area contributed by atoms with Gasteiger partial charge in [-0.05, 0) is 31.8 Å². The number of nitrogens with one attached hydrogen (secondary N) is 1. The van der Waals surface area contributed by atoms with Crippen LogP contribution in [-0.4, -0.2) is 53.3 Å². The highest BCUT2D eigenvalue weighted by atomic mass is 32.1. The maximum absolute atomic E-state index is 13.1. The molecule has 3 nitrogen and oxygen atoms in total. The average Bonchev–Trinajstić information content (AvgIpc) is 2.47. The largest absolute Gasteiger partial charge is 0.405 e. The number of thiocarbonyl (C=S) groups is 1. The van der Waals surface area contributed by atoms with Crippen LogP contribution in [0.25, 0.3) is 0 Å². The molecule has 0 saturated carbocycles. The lowest BCUT2D eigenvalue weighted by Crippen LogP contribution is -2.63. The molecule has 2 unspecified atom stereocenters. The van der Waals surface area contributed by atoms with Crippen molar-refractivity contribution in [2.75, 3.05) is 20.1 Å². The van der Waals surface area contributed by atoms with E-state index in [0.29, 0.717) is 18.2 Å². The summed E-state index contributed by atoms with van der Waals surface area (Å²) in [5.74, 6) is 0. The fourth-order valence-electron chi connectivity index (χ4n) is 2.55. The fraction of sp³-hybridized carbons (Fsp3) is 0.533. The standard InChI is InChI=1S/C15H20F3N3S/c1-11-9-21(10-13(20(11)2)15(16,17)18)14(22)19-8-12-6-4-3-5-7-12/h3-7,11,13H,8-10H2,1-2H3,(H,19,22). The van der Waals surface area contributed by atoms with E-state index in [4.69, 9.17) is 12.2 Å². The molecule has 2 atom stereocenters. The van der Waals surface area contributed by atoms with Gasteiger partial charge in [-0.25, -0.2) is 0 Å². The molecule has 22 heavy (non-hydrogen) atoms. The Morgan fingerprint density at radius 3 is 2.50 bits per heavy atom. The summed E-state index contributed by atoms with van der Waals surface area (Å²) >= 11 is 5.27. The number of alkyl halides is 3. The second-order valence-corrected chi connectivity index (χ2v) is 6.01. The molecule has 1 fully saturated rings. The van der Waals surface area contributed by atoms with Gasteiger partial charge >= 0.3 is 6.18 Å². The number of halogens is 3. The van der Waals surface area contributed by atoms with Crippen LogP contribution in [-0.2, 0) is 6.54 Å². The molecule has 1 saturated heterocycles. The summed E-state index contributed by atoms with van der Waals surface area (Å²) < 4.78 is 39.4. The van der Waals surface area contributed by atoms with Crippen molar-refractivity contribution in [2.45, 2.75) is 31.7 Å². The summed E-state index contributed by atoms with van der Waals surface area (Å²) in [6, 6.07) is 7.93. The number of piperazine rings is 1. The number of likely N-dealkylation sites (N-methyl/N-ethyl adjacent to an activating group) is 1. The van der Waals surface area contributed by atoms with E-state index >= 15 is 0 Å². The Kier molecular flexibility index (Phi) is 5.28. The molecule has 0 aliphatic carbocycles. The Bertz CT molecular complexity index is 507. The van der Waals surface area contributed by atoms with E-state index in [1.807, 2.05) is 30.3 Å². The summed E-state index contributed by atoms with van der Waals surface area (Å²) in [5.41, 5.74) is 1.04. The highest BCUT2D eigenvalue weighted by Gasteiger charge is 2.47. The first-order chi connectivity index (χ1) is 10.3. The molecule has 0 radical (unpaired) electrons. The summed E-state index contributed by atoms with van der Waals surface area (Å²) in [5, 5.41) is 3.42. The Morgan fingerprint density at radius 1 is 1.27 bits per heavy atom. The lowest BCUT2D eigenvalue weighted by Gasteiger charge is -2.45. The minimum absolute atomic E-state index is 0.134. The molecule has 0 amide bonds. The molecule has 0 aromatic heterocycles. The lowest BCUT2D eigenvalue weighted by molar-refractivity contribution is -0.195. The molecule has 0 bridgehead atoms. The normalized spacial score (nSPS) is 23.4. The zero-order chi connectivity index (χ0) is 16.3. The predicted molar refractivity (Wildman–Crippen MR) is 84.5 cm³/mol. The number of hydrogen-bond donors (Lipinski definition) is 1. The molecule has 7 heteroatoms. The molecule has 2 rings (SSSR count).